The van der Waals surface area contributed by atoms with Gasteiger partial charge in [0.15, 0.2) is 0 Å². The van der Waals surface area contributed by atoms with Crippen LogP contribution in [-0.2, 0) is 4.79 Å². The van der Waals surface area contributed by atoms with Crippen LogP contribution in [0.4, 0.5) is 4.79 Å². The molecule has 1 atom stereocenters. The highest BCUT2D eigenvalue weighted by atomic mass is 32.1. The second kappa shape index (κ2) is 11.9. The molecular formula is C25H31N5O4S. The van der Waals surface area contributed by atoms with Crippen LogP contribution in [0, 0.1) is 5.92 Å². The molecule has 1 saturated carbocycles. The molecule has 1 fully saturated rings. The maximum Gasteiger partial charge on any atom is 0.426 e. The highest BCUT2D eigenvalue weighted by Crippen LogP contribution is 2.37. The Morgan fingerprint density at radius 3 is 2.60 bits per heavy atom. The van der Waals surface area contributed by atoms with Gasteiger partial charge in [0.2, 0.25) is 11.7 Å². The molecule has 1 aliphatic rings. The number of nitrogens with zero attached hydrogens (tertiary/aromatic N) is 3. The lowest BCUT2D eigenvalue weighted by atomic mass is 9.78. The Labute approximate surface area is 208 Å². The normalized spacial score (nSPS) is 18.7. The molecule has 1 aliphatic carbocycles. The molecule has 9 nitrogen and oxygen atoms in total. The zero-order chi connectivity index (χ0) is 24.6. The number of hydrogen-bond acceptors (Lipinski definition) is 8. The number of benzene rings is 1. The SMILES string of the molecule is CN(C)C(c1ccccc1)C1CCC(NC(=O)CCNC(=O)Oc2nc(-c3cccs3)no2)CC1. The van der Waals surface area contributed by atoms with Crippen LogP contribution in [0.15, 0.2) is 52.4 Å². The molecule has 2 heterocycles. The molecule has 1 aromatic carbocycles. The average Bonchev–Trinajstić information content (AvgIpc) is 3.53. The Morgan fingerprint density at radius 1 is 1.14 bits per heavy atom. The van der Waals surface area contributed by atoms with Crippen molar-refractivity contribution in [3.63, 3.8) is 0 Å². The van der Waals surface area contributed by atoms with Gasteiger partial charge in [-0.15, -0.1) is 11.3 Å². The first-order chi connectivity index (χ1) is 17.0. The van der Waals surface area contributed by atoms with Crippen molar-refractivity contribution in [3.8, 4) is 16.8 Å². The van der Waals surface area contributed by atoms with Crippen molar-refractivity contribution in [1.82, 2.24) is 25.7 Å². The highest BCUT2D eigenvalue weighted by Gasteiger charge is 2.30. The summed E-state index contributed by atoms with van der Waals surface area (Å²) in [6, 6.07) is 14.9. The summed E-state index contributed by atoms with van der Waals surface area (Å²) in [5, 5.41) is 11.3. The van der Waals surface area contributed by atoms with E-state index in [1.54, 1.807) is 0 Å². The van der Waals surface area contributed by atoms with Crippen LogP contribution in [0.1, 0.15) is 43.7 Å². The monoisotopic (exact) mass is 497 g/mol. The van der Waals surface area contributed by atoms with Crippen molar-refractivity contribution in [2.45, 2.75) is 44.2 Å². The number of aromatic nitrogens is 2. The van der Waals surface area contributed by atoms with Crippen LogP contribution in [-0.4, -0.2) is 53.7 Å². The molecule has 0 saturated heterocycles. The van der Waals surface area contributed by atoms with Gasteiger partial charge in [-0.05, 0) is 62.7 Å². The van der Waals surface area contributed by atoms with Gasteiger partial charge >= 0.3 is 12.2 Å². The molecule has 186 valence electrons. The highest BCUT2D eigenvalue weighted by molar-refractivity contribution is 7.13. The summed E-state index contributed by atoms with van der Waals surface area (Å²) >= 11 is 1.45. The summed E-state index contributed by atoms with van der Waals surface area (Å²) in [6.45, 7) is 0.155. The van der Waals surface area contributed by atoms with E-state index < -0.39 is 6.09 Å². The summed E-state index contributed by atoms with van der Waals surface area (Å²) in [7, 11) is 4.26. The van der Waals surface area contributed by atoms with Gasteiger partial charge in [0, 0.05) is 25.0 Å². The van der Waals surface area contributed by atoms with Crippen molar-refractivity contribution in [2.24, 2.45) is 5.92 Å². The van der Waals surface area contributed by atoms with Crippen LogP contribution in [0.2, 0.25) is 0 Å². The fourth-order valence-electron chi connectivity index (χ4n) is 4.67. The summed E-state index contributed by atoms with van der Waals surface area (Å²) in [6.07, 6.45) is 3.22. The lowest BCUT2D eigenvalue weighted by Gasteiger charge is -2.37. The third-order valence-corrected chi connectivity index (χ3v) is 7.10. The molecule has 4 rings (SSSR count). The van der Waals surface area contributed by atoms with Gasteiger partial charge < -0.3 is 20.3 Å². The molecule has 2 aromatic heterocycles. The number of carbonyl (C=O) groups is 2. The number of amides is 2. The number of carbonyl (C=O) groups excluding carboxylic acids is 2. The molecule has 2 N–H and O–H groups in total. The molecule has 3 aromatic rings. The van der Waals surface area contributed by atoms with E-state index in [0.717, 1.165) is 30.6 Å². The molecule has 35 heavy (non-hydrogen) atoms. The largest absolute Gasteiger partial charge is 0.426 e. The fraction of sp³-hybridized carbons (Fsp3) is 0.440. The molecule has 0 bridgehead atoms. The quantitative estimate of drug-likeness (QED) is 0.455. The Morgan fingerprint density at radius 2 is 1.91 bits per heavy atom. The number of thiophene rings is 1. The molecule has 0 aliphatic heterocycles. The Hall–Kier alpha value is -3.24. The van der Waals surface area contributed by atoms with Crippen molar-refractivity contribution in [3.05, 3.63) is 53.4 Å². The second-order valence-corrected chi connectivity index (χ2v) is 9.87. The summed E-state index contributed by atoms with van der Waals surface area (Å²) in [5.41, 5.74) is 1.34. The Bertz CT molecular complexity index is 1080. The van der Waals surface area contributed by atoms with Crippen molar-refractivity contribution < 1.29 is 18.8 Å². The first-order valence-corrected chi connectivity index (χ1v) is 12.7. The summed E-state index contributed by atoms with van der Waals surface area (Å²) in [4.78, 5) is 31.5. The van der Waals surface area contributed by atoms with Crippen LogP contribution >= 0.6 is 11.3 Å². The average molecular weight is 498 g/mol. The predicted molar refractivity (Wildman–Crippen MR) is 133 cm³/mol. The van der Waals surface area contributed by atoms with Gasteiger partial charge in [-0.2, -0.15) is 4.98 Å². The topological polar surface area (TPSA) is 110 Å². The minimum Gasteiger partial charge on any atom is -0.359 e. The van der Waals surface area contributed by atoms with E-state index >= 15 is 0 Å². The minimum atomic E-state index is -0.740. The number of ether oxygens (including phenoxy) is 1. The van der Waals surface area contributed by atoms with Gasteiger partial charge in [0.1, 0.15) is 0 Å². The van der Waals surface area contributed by atoms with E-state index in [4.69, 9.17) is 9.26 Å². The summed E-state index contributed by atoms with van der Waals surface area (Å²) < 4.78 is 9.93. The van der Waals surface area contributed by atoms with Crippen molar-refractivity contribution >= 4 is 23.3 Å². The lowest BCUT2D eigenvalue weighted by Crippen LogP contribution is -2.41. The Balaban J connectivity index is 1.15. The zero-order valence-corrected chi connectivity index (χ0v) is 20.8. The maximum absolute atomic E-state index is 12.4. The Kier molecular flexibility index (Phi) is 8.49. The molecule has 0 radical (unpaired) electrons. The van der Waals surface area contributed by atoms with Crippen LogP contribution in [0.25, 0.3) is 10.7 Å². The summed E-state index contributed by atoms with van der Waals surface area (Å²) in [5.74, 6) is 0.832. The van der Waals surface area contributed by atoms with Crippen molar-refractivity contribution in [1.29, 1.82) is 0 Å². The second-order valence-electron chi connectivity index (χ2n) is 8.93. The molecule has 2 amide bonds. The van der Waals surface area contributed by atoms with Crippen molar-refractivity contribution in [2.75, 3.05) is 20.6 Å². The number of hydrogen-bond donors (Lipinski definition) is 2. The third-order valence-electron chi connectivity index (χ3n) is 6.23. The smallest absolute Gasteiger partial charge is 0.359 e. The van der Waals surface area contributed by atoms with Gasteiger partial charge in [-0.3, -0.25) is 9.32 Å². The van der Waals surface area contributed by atoms with Crippen LogP contribution in [0.5, 0.6) is 6.08 Å². The lowest BCUT2D eigenvalue weighted by molar-refractivity contribution is -0.122. The maximum atomic E-state index is 12.4. The molecular weight excluding hydrogens is 466 g/mol. The number of nitrogens with one attached hydrogen (secondary N) is 2. The van der Waals surface area contributed by atoms with E-state index in [1.165, 1.54) is 16.9 Å². The first kappa shape index (κ1) is 24.9. The number of rotatable bonds is 9. The third kappa shape index (κ3) is 6.89. The zero-order valence-electron chi connectivity index (χ0n) is 20.0. The van der Waals surface area contributed by atoms with Crippen LogP contribution < -0.4 is 15.4 Å². The van der Waals surface area contributed by atoms with E-state index in [0.29, 0.717) is 17.8 Å². The van der Waals surface area contributed by atoms with E-state index in [1.807, 2.05) is 23.6 Å². The minimum absolute atomic E-state index is 0.0845. The fourth-order valence-corrected chi connectivity index (χ4v) is 5.32. The van der Waals surface area contributed by atoms with E-state index in [-0.39, 0.29) is 31.0 Å². The standard InChI is InChI=1S/C25H31N5O4S/c1-30(2)22(17-7-4-3-5-8-17)18-10-12-19(13-11-18)27-21(31)14-15-26-24(32)33-25-28-23(29-34-25)20-9-6-16-35-20/h3-9,16,18-19,22H,10-15H2,1-2H3,(H,26,32)(H,27,31). The predicted octanol–water partition coefficient (Wildman–Crippen LogP) is 4.25. The van der Waals surface area contributed by atoms with E-state index in [2.05, 4.69) is 64.0 Å². The van der Waals surface area contributed by atoms with Gasteiger partial charge in [0.05, 0.1) is 4.88 Å². The van der Waals surface area contributed by atoms with Gasteiger partial charge in [0.25, 0.3) is 0 Å². The van der Waals surface area contributed by atoms with Gasteiger partial charge in [-0.25, -0.2) is 4.79 Å². The van der Waals surface area contributed by atoms with Crippen LogP contribution in [0.3, 0.4) is 0 Å². The molecule has 0 spiro atoms. The first-order valence-electron chi connectivity index (χ1n) is 11.8. The molecule has 1 unspecified atom stereocenters. The van der Waals surface area contributed by atoms with E-state index in [9.17, 15) is 9.59 Å². The molecule has 10 heteroatoms. The van der Waals surface area contributed by atoms with Gasteiger partial charge in [-0.1, -0.05) is 41.6 Å².